The fraction of sp³-hybridized carbons (Fsp3) is 0.333. The first kappa shape index (κ1) is 23.6. The minimum absolute atomic E-state index is 0.0360. The topological polar surface area (TPSA) is 99.5 Å². The lowest BCUT2D eigenvalue weighted by atomic mass is 10.00. The van der Waals surface area contributed by atoms with Crippen molar-refractivity contribution in [2.45, 2.75) is 37.8 Å². The van der Waals surface area contributed by atoms with Crippen LogP contribution in [0.2, 0.25) is 0 Å². The van der Waals surface area contributed by atoms with Crippen LogP contribution >= 0.6 is 0 Å². The molecule has 2 heterocycles. The molecule has 1 atom stereocenters. The van der Waals surface area contributed by atoms with Gasteiger partial charge in [0.2, 0.25) is 12.7 Å². The van der Waals surface area contributed by atoms with E-state index in [1.807, 2.05) is 0 Å². The number of hydrogen-bond donors (Lipinski definition) is 1. The van der Waals surface area contributed by atoms with Crippen molar-refractivity contribution in [1.82, 2.24) is 5.32 Å². The first-order valence-corrected chi connectivity index (χ1v) is 11.9. The number of carbonyl (C=O) groups is 2. The van der Waals surface area contributed by atoms with Crippen molar-refractivity contribution in [3.63, 3.8) is 0 Å². The van der Waals surface area contributed by atoms with Crippen molar-refractivity contribution < 1.29 is 33.0 Å². The Morgan fingerprint density at radius 3 is 2.53 bits per heavy atom. The Morgan fingerprint density at radius 1 is 1.00 bits per heavy atom. The molecule has 5 rings (SSSR count). The minimum Gasteiger partial charge on any atom is -0.493 e. The van der Waals surface area contributed by atoms with Gasteiger partial charge < -0.3 is 28.7 Å². The Kier molecular flexibility index (Phi) is 6.71. The fourth-order valence-corrected chi connectivity index (χ4v) is 4.81. The van der Waals surface area contributed by atoms with Gasteiger partial charge in [-0.15, -0.1) is 0 Å². The summed E-state index contributed by atoms with van der Waals surface area (Å²) >= 11 is 0. The standard InChI is InChI=1S/C27H28N2O7/c1-32-21-10-5-9-19(25(21)33-2)24(26(30)28-17-7-3-4-8-17)29(27(31)22-11-6-14-34-22)18-12-13-20-23(15-18)36-16-35-20/h5-6,9-15,17,24H,3-4,7-8,16H2,1-2H3,(H,28,30). The molecule has 1 fully saturated rings. The Morgan fingerprint density at radius 2 is 1.81 bits per heavy atom. The molecule has 1 aromatic heterocycles. The Hall–Kier alpha value is -4.14. The Bertz CT molecular complexity index is 1230. The molecule has 1 N–H and O–H groups in total. The highest BCUT2D eigenvalue weighted by Crippen LogP contribution is 2.42. The quantitative estimate of drug-likeness (QED) is 0.495. The predicted molar refractivity (Wildman–Crippen MR) is 131 cm³/mol. The van der Waals surface area contributed by atoms with Crippen molar-refractivity contribution in [1.29, 1.82) is 0 Å². The Balaban J connectivity index is 1.67. The van der Waals surface area contributed by atoms with Crippen LogP contribution in [0.25, 0.3) is 0 Å². The number of hydrogen-bond acceptors (Lipinski definition) is 7. The van der Waals surface area contributed by atoms with E-state index in [4.69, 9.17) is 23.4 Å². The number of nitrogens with zero attached hydrogens (tertiary/aromatic N) is 1. The number of rotatable bonds is 8. The second kappa shape index (κ2) is 10.2. The smallest absolute Gasteiger partial charge is 0.294 e. The summed E-state index contributed by atoms with van der Waals surface area (Å²) in [5.74, 6) is 1.14. The van der Waals surface area contributed by atoms with Gasteiger partial charge in [-0.25, -0.2) is 0 Å². The number of ether oxygens (including phenoxy) is 4. The molecule has 3 aromatic rings. The number of benzene rings is 2. The van der Waals surface area contributed by atoms with Crippen molar-refractivity contribution in [2.24, 2.45) is 0 Å². The van der Waals surface area contributed by atoms with Gasteiger partial charge in [-0.05, 0) is 43.2 Å². The Labute approximate surface area is 208 Å². The van der Waals surface area contributed by atoms with E-state index in [-0.39, 0.29) is 24.5 Å². The van der Waals surface area contributed by atoms with E-state index < -0.39 is 11.9 Å². The van der Waals surface area contributed by atoms with Crippen LogP contribution in [0.4, 0.5) is 5.69 Å². The van der Waals surface area contributed by atoms with E-state index in [9.17, 15) is 9.59 Å². The molecule has 1 aliphatic heterocycles. The van der Waals surface area contributed by atoms with E-state index in [1.165, 1.54) is 25.4 Å². The third kappa shape index (κ3) is 4.44. The summed E-state index contributed by atoms with van der Waals surface area (Å²) < 4.78 is 27.7. The van der Waals surface area contributed by atoms with Gasteiger partial charge in [0.05, 0.1) is 20.5 Å². The number of carbonyl (C=O) groups excluding carboxylic acids is 2. The average Bonchev–Trinajstić information content (AvgIpc) is 3.68. The summed E-state index contributed by atoms with van der Waals surface area (Å²) in [6.07, 6.45) is 5.31. The molecule has 36 heavy (non-hydrogen) atoms. The third-order valence-corrected chi connectivity index (χ3v) is 6.52. The van der Waals surface area contributed by atoms with Crippen LogP contribution < -0.4 is 29.2 Å². The summed E-state index contributed by atoms with van der Waals surface area (Å²) in [5, 5.41) is 3.15. The molecule has 2 aliphatic rings. The highest BCUT2D eigenvalue weighted by atomic mass is 16.7. The SMILES string of the molecule is COc1cccc(C(C(=O)NC2CCCC2)N(C(=O)c2ccco2)c2ccc3c(c2)OCO3)c1OC. The molecule has 0 radical (unpaired) electrons. The summed E-state index contributed by atoms with van der Waals surface area (Å²) in [5.41, 5.74) is 0.919. The summed E-state index contributed by atoms with van der Waals surface area (Å²) in [6, 6.07) is 12.5. The largest absolute Gasteiger partial charge is 0.493 e. The van der Waals surface area contributed by atoms with E-state index in [2.05, 4.69) is 5.32 Å². The zero-order valence-corrected chi connectivity index (χ0v) is 20.2. The van der Waals surface area contributed by atoms with E-state index in [1.54, 1.807) is 48.5 Å². The molecule has 1 aliphatic carbocycles. The minimum atomic E-state index is -1.09. The van der Waals surface area contributed by atoms with Crippen LogP contribution in [0.5, 0.6) is 23.0 Å². The molecule has 9 heteroatoms. The van der Waals surface area contributed by atoms with Crippen LogP contribution in [0, 0.1) is 0 Å². The molecular formula is C27H28N2O7. The molecule has 1 saturated carbocycles. The zero-order valence-electron chi connectivity index (χ0n) is 20.2. The number of nitrogens with one attached hydrogen (secondary N) is 1. The van der Waals surface area contributed by atoms with Crippen molar-refractivity contribution in [2.75, 3.05) is 25.9 Å². The molecular weight excluding hydrogens is 464 g/mol. The van der Waals surface area contributed by atoms with Gasteiger partial charge in [0.15, 0.2) is 28.8 Å². The maximum atomic E-state index is 14.0. The van der Waals surface area contributed by atoms with Crippen LogP contribution in [-0.4, -0.2) is 38.9 Å². The van der Waals surface area contributed by atoms with Crippen molar-refractivity contribution in [3.05, 3.63) is 66.1 Å². The van der Waals surface area contributed by atoms with Crippen molar-refractivity contribution in [3.8, 4) is 23.0 Å². The van der Waals surface area contributed by atoms with Gasteiger partial charge in [0.1, 0.15) is 6.04 Å². The molecule has 9 nitrogen and oxygen atoms in total. The molecule has 1 unspecified atom stereocenters. The fourth-order valence-electron chi connectivity index (χ4n) is 4.81. The number of anilines is 1. The summed E-state index contributed by atoms with van der Waals surface area (Å²) in [7, 11) is 3.03. The number of methoxy groups -OCH3 is 2. The molecule has 0 spiro atoms. The van der Waals surface area contributed by atoms with Crippen molar-refractivity contribution >= 4 is 17.5 Å². The van der Waals surface area contributed by atoms with Gasteiger partial charge in [-0.1, -0.05) is 25.0 Å². The van der Waals surface area contributed by atoms with Gasteiger partial charge >= 0.3 is 0 Å². The monoisotopic (exact) mass is 492 g/mol. The number of para-hydroxylation sites is 1. The number of furan rings is 1. The maximum Gasteiger partial charge on any atom is 0.294 e. The average molecular weight is 493 g/mol. The van der Waals surface area contributed by atoms with E-state index in [0.717, 1.165) is 25.7 Å². The second-order valence-electron chi connectivity index (χ2n) is 8.67. The number of fused-ring (bicyclic) bond motifs is 1. The molecule has 188 valence electrons. The summed E-state index contributed by atoms with van der Waals surface area (Å²) in [4.78, 5) is 29.3. The van der Waals surface area contributed by atoms with Gasteiger partial charge in [0.25, 0.3) is 5.91 Å². The van der Waals surface area contributed by atoms with Crippen LogP contribution in [-0.2, 0) is 4.79 Å². The molecule has 0 bridgehead atoms. The van der Waals surface area contributed by atoms with Crippen LogP contribution in [0.3, 0.4) is 0 Å². The lowest BCUT2D eigenvalue weighted by Crippen LogP contribution is -2.46. The normalized spacial score (nSPS) is 15.4. The molecule has 2 aromatic carbocycles. The molecule has 0 saturated heterocycles. The first-order chi connectivity index (χ1) is 17.6. The third-order valence-electron chi connectivity index (χ3n) is 6.52. The zero-order chi connectivity index (χ0) is 25.1. The predicted octanol–water partition coefficient (Wildman–Crippen LogP) is 4.47. The summed E-state index contributed by atoms with van der Waals surface area (Å²) in [6.45, 7) is 0.0836. The van der Waals surface area contributed by atoms with Crippen LogP contribution in [0.15, 0.2) is 59.2 Å². The number of amides is 2. The lowest BCUT2D eigenvalue weighted by Gasteiger charge is -2.32. The highest BCUT2D eigenvalue weighted by molar-refractivity contribution is 6.09. The molecule has 2 amide bonds. The first-order valence-electron chi connectivity index (χ1n) is 11.9. The second-order valence-corrected chi connectivity index (χ2v) is 8.67. The highest BCUT2D eigenvalue weighted by Gasteiger charge is 2.38. The van der Waals surface area contributed by atoms with E-state index >= 15 is 0 Å². The van der Waals surface area contributed by atoms with Gasteiger partial charge in [-0.2, -0.15) is 0 Å². The maximum absolute atomic E-state index is 14.0. The van der Waals surface area contributed by atoms with Gasteiger partial charge in [0, 0.05) is 23.4 Å². The van der Waals surface area contributed by atoms with Crippen LogP contribution in [0.1, 0.15) is 47.8 Å². The van der Waals surface area contributed by atoms with E-state index in [0.29, 0.717) is 34.2 Å². The lowest BCUT2D eigenvalue weighted by molar-refractivity contribution is -0.123. The van der Waals surface area contributed by atoms with Gasteiger partial charge in [-0.3, -0.25) is 14.5 Å².